The van der Waals surface area contributed by atoms with Gasteiger partial charge in [0.2, 0.25) is 5.91 Å². The Hall–Kier alpha value is -3.22. The second-order valence-electron chi connectivity index (χ2n) is 5.91. The first-order chi connectivity index (χ1) is 12.6. The quantitative estimate of drug-likeness (QED) is 0.864. The van der Waals surface area contributed by atoms with E-state index in [0.29, 0.717) is 23.7 Å². The molecule has 3 rings (SSSR count). The van der Waals surface area contributed by atoms with Crippen LogP contribution in [0.25, 0.3) is 0 Å². The van der Waals surface area contributed by atoms with E-state index in [1.54, 1.807) is 30.2 Å². The van der Waals surface area contributed by atoms with Crippen LogP contribution >= 0.6 is 0 Å². The Morgan fingerprint density at radius 1 is 1.08 bits per heavy atom. The molecule has 0 aliphatic carbocycles. The number of nitrogens with zero attached hydrogens (tertiary/aromatic N) is 1. The predicted molar refractivity (Wildman–Crippen MR) is 98.9 cm³/mol. The number of rotatable bonds is 5. The standard InChI is InChI=1S/C19H21N3O4/c1-25-16-9-8-13(10-17(16)26-2)20-19(24)21-14-11-18(23)22(12-14)15-6-4-3-5-7-15/h3-10,14H,11-12H2,1-2H3,(H2,20,21,24). The molecular weight excluding hydrogens is 334 g/mol. The normalized spacial score (nSPS) is 16.3. The number of para-hydroxylation sites is 1. The number of carbonyl (C=O) groups excluding carboxylic acids is 2. The van der Waals surface area contributed by atoms with E-state index in [4.69, 9.17) is 9.47 Å². The molecule has 0 saturated carbocycles. The Morgan fingerprint density at radius 3 is 2.50 bits per heavy atom. The minimum Gasteiger partial charge on any atom is -0.493 e. The number of urea groups is 1. The molecule has 136 valence electrons. The molecule has 7 nitrogen and oxygen atoms in total. The molecule has 1 atom stereocenters. The summed E-state index contributed by atoms with van der Waals surface area (Å²) in [6, 6.07) is 13.9. The van der Waals surface area contributed by atoms with Gasteiger partial charge in [0.15, 0.2) is 11.5 Å². The fourth-order valence-electron chi connectivity index (χ4n) is 2.93. The zero-order valence-electron chi connectivity index (χ0n) is 14.7. The summed E-state index contributed by atoms with van der Waals surface area (Å²) < 4.78 is 10.4. The number of hydrogen-bond acceptors (Lipinski definition) is 4. The predicted octanol–water partition coefficient (Wildman–Crippen LogP) is 2.63. The van der Waals surface area contributed by atoms with Crippen LogP contribution in [0.5, 0.6) is 11.5 Å². The van der Waals surface area contributed by atoms with E-state index in [2.05, 4.69) is 10.6 Å². The molecule has 2 aromatic rings. The summed E-state index contributed by atoms with van der Waals surface area (Å²) in [5, 5.41) is 5.59. The Balaban J connectivity index is 1.60. The van der Waals surface area contributed by atoms with E-state index in [9.17, 15) is 9.59 Å². The van der Waals surface area contributed by atoms with E-state index in [1.807, 2.05) is 30.3 Å². The number of methoxy groups -OCH3 is 2. The van der Waals surface area contributed by atoms with Crippen LogP contribution in [0.4, 0.5) is 16.2 Å². The van der Waals surface area contributed by atoms with Gasteiger partial charge in [0, 0.05) is 30.4 Å². The average molecular weight is 355 g/mol. The van der Waals surface area contributed by atoms with Gasteiger partial charge >= 0.3 is 6.03 Å². The van der Waals surface area contributed by atoms with Crippen LogP contribution < -0.4 is 25.0 Å². The monoisotopic (exact) mass is 355 g/mol. The maximum absolute atomic E-state index is 12.2. The summed E-state index contributed by atoms with van der Waals surface area (Å²) in [6.07, 6.45) is 0.272. The largest absolute Gasteiger partial charge is 0.493 e. The highest BCUT2D eigenvalue weighted by atomic mass is 16.5. The smallest absolute Gasteiger partial charge is 0.319 e. The van der Waals surface area contributed by atoms with Gasteiger partial charge in [-0.1, -0.05) is 18.2 Å². The third-order valence-electron chi connectivity index (χ3n) is 4.17. The SMILES string of the molecule is COc1ccc(NC(=O)NC2CC(=O)N(c3ccccc3)C2)cc1OC. The van der Waals surface area contributed by atoms with Crippen molar-refractivity contribution in [1.82, 2.24) is 5.32 Å². The third-order valence-corrected chi connectivity index (χ3v) is 4.17. The zero-order valence-corrected chi connectivity index (χ0v) is 14.7. The number of carbonyl (C=O) groups is 2. The minimum absolute atomic E-state index is 0.00684. The molecule has 0 spiro atoms. The Kier molecular flexibility index (Phi) is 5.26. The first kappa shape index (κ1) is 17.6. The van der Waals surface area contributed by atoms with Crippen molar-refractivity contribution in [2.24, 2.45) is 0 Å². The summed E-state index contributed by atoms with van der Waals surface area (Å²) in [5.41, 5.74) is 1.41. The molecule has 1 aliphatic rings. The molecule has 2 aromatic carbocycles. The second kappa shape index (κ2) is 7.77. The first-order valence-corrected chi connectivity index (χ1v) is 8.25. The van der Waals surface area contributed by atoms with Gasteiger partial charge in [-0.25, -0.2) is 4.79 Å². The molecule has 7 heteroatoms. The summed E-state index contributed by atoms with van der Waals surface area (Å²) in [6.45, 7) is 0.447. The van der Waals surface area contributed by atoms with Gasteiger partial charge in [-0.3, -0.25) is 4.79 Å². The van der Waals surface area contributed by atoms with Crippen LogP contribution in [-0.4, -0.2) is 38.7 Å². The van der Waals surface area contributed by atoms with Crippen LogP contribution in [-0.2, 0) is 4.79 Å². The van der Waals surface area contributed by atoms with E-state index in [-0.39, 0.29) is 24.4 Å². The number of amides is 3. The van der Waals surface area contributed by atoms with Crippen LogP contribution in [0.1, 0.15) is 6.42 Å². The van der Waals surface area contributed by atoms with Crippen molar-refractivity contribution >= 4 is 23.3 Å². The number of ether oxygens (including phenoxy) is 2. The highest BCUT2D eigenvalue weighted by Crippen LogP contribution is 2.29. The third kappa shape index (κ3) is 3.88. The Bertz CT molecular complexity index is 795. The lowest BCUT2D eigenvalue weighted by Gasteiger charge is -2.17. The maximum atomic E-state index is 12.2. The lowest BCUT2D eigenvalue weighted by Crippen LogP contribution is -2.39. The van der Waals surface area contributed by atoms with Crippen LogP contribution in [0.15, 0.2) is 48.5 Å². The average Bonchev–Trinajstić information content (AvgIpc) is 3.02. The molecule has 0 aromatic heterocycles. The molecule has 1 heterocycles. The number of hydrogen-bond donors (Lipinski definition) is 2. The lowest BCUT2D eigenvalue weighted by molar-refractivity contribution is -0.117. The van der Waals surface area contributed by atoms with Gasteiger partial charge < -0.3 is 25.0 Å². The van der Waals surface area contributed by atoms with Crippen LogP contribution in [0.3, 0.4) is 0 Å². The van der Waals surface area contributed by atoms with Crippen molar-refractivity contribution in [2.45, 2.75) is 12.5 Å². The molecule has 1 saturated heterocycles. The number of anilines is 2. The summed E-state index contributed by atoms with van der Waals surface area (Å²) in [5.74, 6) is 1.10. The molecule has 1 unspecified atom stereocenters. The van der Waals surface area contributed by atoms with Gasteiger partial charge in [-0.05, 0) is 24.3 Å². The maximum Gasteiger partial charge on any atom is 0.319 e. The van der Waals surface area contributed by atoms with Gasteiger partial charge in [0.25, 0.3) is 0 Å². The molecule has 2 N–H and O–H groups in total. The Labute approximate surface area is 151 Å². The van der Waals surface area contributed by atoms with E-state index in [1.165, 1.54) is 7.11 Å². The van der Waals surface area contributed by atoms with Crippen LogP contribution in [0.2, 0.25) is 0 Å². The molecule has 26 heavy (non-hydrogen) atoms. The fourth-order valence-corrected chi connectivity index (χ4v) is 2.93. The molecule has 1 aliphatic heterocycles. The van der Waals surface area contributed by atoms with Crippen molar-refractivity contribution in [2.75, 3.05) is 31.0 Å². The Morgan fingerprint density at radius 2 is 1.81 bits per heavy atom. The topological polar surface area (TPSA) is 79.9 Å². The minimum atomic E-state index is -0.370. The summed E-state index contributed by atoms with van der Waals surface area (Å²) >= 11 is 0. The van der Waals surface area contributed by atoms with E-state index >= 15 is 0 Å². The van der Waals surface area contributed by atoms with Gasteiger partial charge in [0.05, 0.1) is 20.3 Å². The van der Waals surface area contributed by atoms with Crippen molar-refractivity contribution in [3.05, 3.63) is 48.5 Å². The molecular formula is C19H21N3O4. The molecule has 1 fully saturated rings. The molecule has 0 bridgehead atoms. The highest BCUT2D eigenvalue weighted by molar-refractivity contribution is 5.97. The van der Waals surface area contributed by atoms with Gasteiger partial charge in [0.1, 0.15) is 0 Å². The fraction of sp³-hybridized carbons (Fsp3) is 0.263. The molecule has 3 amide bonds. The van der Waals surface area contributed by atoms with Crippen molar-refractivity contribution < 1.29 is 19.1 Å². The summed E-state index contributed by atoms with van der Waals surface area (Å²) in [4.78, 5) is 26.1. The number of benzene rings is 2. The molecule has 0 radical (unpaired) electrons. The van der Waals surface area contributed by atoms with Gasteiger partial charge in [-0.15, -0.1) is 0 Å². The van der Waals surface area contributed by atoms with Crippen molar-refractivity contribution in [3.63, 3.8) is 0 Å². The highest BCUT2D eigenvalue weighted by Gasteiger charge is 2.31. The lowest BCUT2D eigenvalue weighted by atomic mass is 10.2. The van der Waals surface area contributed by atoms with E-state index < -0.39 is 0 Å². The zero-order chi connectivity index (χ0) is 18.5. The second-order valence-corrected chi connectivity index (χ2v) is 5.91. The van der Waals surface area contributed by atoms with Gasteiger partial charge in [-0.2, -0.15) is 0 Å². The summed E-state index contributed by atoms with van der Waals surface area (Å²) in [7, 11) is 3.08. The first-order valence-electron chi connectivity index (χ1n) is 8.25. The van der Waals surface area contributed by atoms with Crippen molar-refractivity contribution in [1.29, 1.82) is 0 Å². The van der Waals surface area contributed by atoms with Crippen LogP contribution in [0, 0.1) is 0 Å². The van der Waals surface area contributed by atoms with E-state index in [0.717, 1.165) is 5.69 Å². The van der Waals surface area contributed by atoms with Crippen molar-refractivity contribution in [3.8, 4) is 11.5 Å². The number of nitrogens with one attached hydrogen (secondary N) is 2.